The van der Waals surface area contributed by atoms with Crippen LogP contribution in [0.25, 0.3) is 16.8 Å². The Bertz CT molecular complexity index is 1550. The van der Waals surface area contributed by atoms with Gasteiger partial charge in [0.25, 0.3) is 5.91 Å². The average Bonchev–Trinajstić information content (AvgIpc) is 3.19. The van der Waals surface area contributed by atoms with Gasteiger partial charge < -0.3 is 4.74 Å². The molecule has 8 heteroatoms. The number of hydrogen-bond donors (Lipinski definition) is 0. The second-order valence-electron chi connectivity index (χ2n) is 8.25. The lowest BCUT2D eigenvalue weighted by atomic mass is 10.0. The fraction of sp³-hybridized carbons (Fsp3) is 0.103. The van der Waals surface area contributed by atoms with Gasteiger partial charge in [-0.2, -0.15) is 0 Å². The Morgan fingerprint density at radius 1 is 1.03 bits per heavy atom. The summed E-state index contributed by atoms with van der Waals surface area (Å²) in [6, 6.07) is 23.0. The zero-order chi connectivity index (χ0) is 25.9. The highest BCUT2D eigenvalue weighted by Gasteiger charge is 2.32. The summed E-state index contributed by atoms with van der Waals surface area (Å²) in [6.45, 7) is 2.59. The van der Waals surface area contributed by atoms with Crippen LogP contribution in [0.3, 0.4) is 0 Å². The molecule has 0 spiro atoms. The Labute approximate surface area is 228 Å². The number of likely N-dealkylation sites (N-methyl/N-ethyl adjacent to an activating group) is 1. The Morgan fingerprint density at radius 2 is 1.81 bits per heavy atom. The molecule has 1 fully saturated rings. The van der Waals surface area contributed by atoms with Crippen LogP contribution in [-0.4, -0.2) is 22.5 Å². The standard InChI is InChI=1S/C29H21Cl2FN2O2S/c1-2-34-28(35)27(37-29(34)33-22-12-10-21(32)11-13-22)16-24-23-6-4-3-5-18(23)8-14-26(24)36-17-19-7-9-20(30)15-25(19)31/h3-16H,2,17H2,1H3/b27-16+,33-29?. The van der Waals surface area contributed by atoms with E-state index in [2.05, 4.69) is 4.99 Å². The van der Waals surface area contributed by atoms with Gasteiger partial charge in [-0.25, -0.2) is 9.38 Å². The van der Waals surface area contributed by atoms with Crippen LogP contribution in [0.4, 0.5) is 10.1 Å². The molecule has 5 rings (SSSR count). The maximum absolute atomic E-state index is 13.3. The van der Waals surface area contributed by atoms with E-state index in [1.807, 2.05) is 55.5 Å². The van der Waals surface area contributed by atoms with E-state index in [1.54, 1.807) is 29.2 Å². The molecule has 0 N–H and O–H groups in total. The van der Waals surface area contributed by atoms with Crippen molar-refractivity contribution >= 4 is 68.6 Å². The Kier molecular flexibility index (Phi) is 7.51. The first kappa shape index (κ1) is 25.3. The summed E-state index contributed by atoms with van der Waals surface area (Å²) in [5.41, 5.74) is 2.17. The number of carbonyl (C=O) groups is 1. The van der Waals surface area contributed by atoms with Gasteiger partial charge in [0.2, 0.25) is 0 Å². The molecule has 4 nitrogen and oxygen atoms in total. The second-order valence-corrected chi connectivity index (χ2v) is 10.1. The van der Waals surface area contributed by atoms with Gasteiger partial charge in [0.15, 0.2) is 5.17 Å². The summed E-state index contributed by atoms with van der Waals surface area (Å²) < 4.78 is 19.5. The van der Waals surface area contributed by atoms with Gasteiger partial charge in [0.1, 0.15) is 18.2 Å². The summed E-state index contributed by atoms with van der Waals surface area (Å²) in [5, 5.41) is 3.60. The van der Waals surface area contributed by atoms with Gasteiger partial charge >= 0.3 is 0 Å². The molecule has 4 aromatic carbocycles. The predicted molar refractivity (Wildman–Crippen MR) is 151 cm³/mol. The highest BCUT2D eigenvalue weighted by Crippen LogP contribution is 2.38. The molecule has 1 aliphatic heterocycles. The zero-order valence-electron chi connectivity index (χ0n) is 19.8. The van der Waals surface area contributed by atoms with E-state index in [-0.39, 0.29) is 18.3 Å². The molecular weight excluding hydrogens is 530 g/mol. The summed E-state index contributed by atoms with van der Waals surface area (Å²) in [7, 11) is 0. The number of carbonyl (C=O) groups excluding carboxylic acids is 1. The third-order valence-electron chi connectivity index (χ3n) is 5.86. The number of aliphatic imine (C=N–C) groups is 1. The number of halogens is 3. The van der Waals surface area contributed by atoms with Gasteiger partial charge in [-0.3, -0.25) is 9.69 Å². The van der Waals surface area contributed by atoms with Crippen molar-refractivity contribution in [3.05, 3.63) is 111 Å². The van der Waals surface area contributed by atoms with Crippen LogP contribution in [0.5, 0.6) is 5.75 Å². The molecule has 0 radical (unpaired) electrons. The van der Waals surface area contributed by atoms with Crippen LogP contribution >= 0.6 is 35.0 Å². The predicted octanol–water partition coefficient (Wildman–Crippen LogP) is 8.49. The number of fused-ring (bicyclic) bond motifs is 1. The SMILES string of the molecule is CCN1C(=O)/C(=C\c2c(OCc3ccc(Cl)cc3Cl)ccc3ccccc23)SC1=Nc1ccc(F)cc1. The Morgan fingerprint density at radius 3 is 2.57 bits per heavy atom. The minimum Gasteiger partial charge on any atom is -0.488 e. The van der Waals surface area contributed by atoms with Gasteiger partial charge in [-0.05, 0) is 78.0 Å². The van der Waals surface area contributed by atoms with Crippen LogP contribution in [0, 0.1) is 5.82 Å². The number of amidine groups is 1. The topological polar surface area (TPSA) is 41.9 Å². The van der Waals surface area contributed by atoms with Crippen molar-refractivity contribution in [3.63, 3.8) is 0 Å². The highest BCUT2D eigenvalue weighted by atomic mass is 35.5. The smallest absolute Gasteiger partial charge is 0.266 e. The van der Waals surface area contributed by atoms with E-state index in [0.717, 1.165) is 21.9 Å². The minimum absolute atomic E-state index is 0.145. The number of benzene rings is 4. The second kappa shape index (κ2) is 11.0. The molecule has 4 aromatic rings. The van der Waals surface area contributed by atoms with Crippen LogP contribution in [0.15, 0.2) is 88.8 Å². The maximum atomic E-state index is 13.3. The molecule has 0 unspecified atom stereocenters. The fourth-order valence-electron chi connectivity index (χ4n) is 3.97. The van der Waals surface area contributed by atoms with Crippen molar-refractivity contribution in [1.82, 2.24) is 4.90 Å². The summed E-state index contributed by atoms with van der Waals surface area (Å²) in [6.07, 6.45) is 1.85. The number of ether oxygens (including phenoxy) is 1. The van der Waals surface area contributed by atoms with E-state index in [9.17, 15) is 9.18 Å². The average molecular weight is 551 g/mol. The zero-order valence-corrected chi connectivity index (χ0v) is 22.1. The highest BCUT2D eigenvalue weighted by molar-refractivity contribution is 8.18. The lowest BCUT2D eigenvalue weighted by molar-refractivity contribution is -0.122. The first-order valence-electron chi connectivity index (χ1n) is 11.6. The van der Waals surface area contributed by atoms with E-state index in [1.165, 1.54) is 23.9 Å². The molecule has 1 heterocycles. The molecule has 0 aromatic heterocycles. The molecule has 0 bridgehead atoms. The van der Waals surface area contributed by atoms with Crippen LogP contribution in [0.1, 0.15) is 18.1 Å². The molecule has 0 saturated carbocycles. The van der Waals surface area contributed by atoms with Crippen molar-refractivity contribution in [3.8, 4) is 5.75 Å². The van der Waals surface area contributed by atoms with Crippen LogP contribution in [0.2, 0.25) is 10.0 Å². The van der Waals surface area contributed by atoms with Crippen molar-refractivity contribution in [2.45, 2.75) is 13.5 Å². The maximum Gasteiger partial charge on any atom is 0.266 e. The largest absolute Gasteiger partial charge is 0.488 e. The molecule has 186 valence electrons. The molecule has 0 atom stereocenters. The van der Waals surface area contributed by atoms with Crippen LogP contribution < -0.4 is 4.74 Å². The Hall–Kier alpha value is -3.32. The van der Waals surface area contributed by atoms with Gasteiger partial charge in [-0.1, -0.05) is 59.6 Å². The quantitative estimate of drug-likeness (QED) is 0.226. The number of rotatable bonds is 6. The number of nitrogens with zero attached hydrogens (tertiary/aromatic N) is 2. The van der Waals surface area contributed by atoms with Crippen molar-refractivity contribution < 1.29 is 13.9 Å². The Balaban J connectivity index is 1.53. The lowest BCUT2D eigenvalue weighted by Crippen LogP contribution is -2.28. The number of hydrogen-bond acceptors (Lipinski definition) is 4. The molecule has 1 amide bonds. The van der Waals surface area contributed by atoms with Gasteiger partial charge in [-0.15, -0.1) is 0 Å². The summed E-state index contributed by atoms with van der Waals surface area (Å²) in [5.74, 6) is 0.140. The van der Waals surface area contributed by atoms with Gasteiger partial charge in [0.05, 0.1) is 10.6 Å². The van der Waals surface area contributed by atoms with Crippen molar-refractivity contribution in [2.24, 2.45) is 4.99 Å². The molecular formula is C29H21Cl2FN2O2S. The first-order valence-corrected chi connectivity index (χ1v) is 13.1. The first-order chi connectivity index (χ1) is 17.9. The molecule has 1 aliphatic rings. The minimum atomic E-state index is -0.338. The monoisotopic (exact) mass is 550 g/mol. The van der Waals surface area contributed by atoms with E-state index >= 15 is 0 Å². The molecule has 37 heavy (non-hydrogen) atoms. The van der Waals surface area contributed by atoms with Gasteiger partial charge in [0, 0.05) is 27.7 Å². The van der Waals surface area contributed by atoms with E-state index in [4.69, 9.17) is 27.9 Å². The third-order valence-corrected chi connectivity index (χ3v) is 7.45. The third kappa shape index (κ3) is 5.52. The van der Waals surface area contributed by atoms with E-state index < -0.39 is 0 Å². The summed E-state index contributed by atoms with van der Waals surface area (Å²) in [4.78, 5) is 20.0. The number of amides is 1. The fourth-order valence-corrected chi connectivity index (χ4v) is 5.48. The normalized spacial score (nSPS) is 15.8. The van der Waals surface area contributed by atoms with E-state index in [0.29, 0.717) is 38.1 Å². The summed E-state index contributed by atoms with van der Waals surface area (Å²) >= 11 is 13.7. The number of thioether (sulfide) groups is 1. The van der Waals surface area contributed by atoms with Crippen LogP contribution in [-0.2, 0) is 11.4 Å². The van der Waals surface area contributed by atoms with Crippen molar-refractivity contribution in [2.75, 3.05) is 6.54 Å². The van der Waals surface area contributed by atoms with Crippen molar-refractivity contribution in [1.29, 1.82) is 0 Å². The molecule has 0 aliphatic carbocycles. The lowest BCUT2D eigenvalue weighted by Gasteiger charge is -2.14. The molecule has 1 saturated heterocycles.